The number of benzene rings is 1. The third-order valence-electron chi connectivity index (χ3n) is 5.32. The fourth-order valence-corrected chi connectivity index (χ4v) is 4.19. The largest absolute Gasteiger partial charge is 0.396 e. The first-order valence-corrected chi connectivity index (χ1v) is 9.78. The van der Waals surface area contributed by atoms with Crippen molar-refractivity contribution in [3.63, 3.8) is 0 Å². The van der Waals surface area contributed by atoms with Crippen LogP contribution in [0.15, 0.2) is 30.3 Å². The fraction of sp³-hybridized carbons (Fsp3) is 0.524. The number of aliphatic hydroxyl groups excluding tert-OH is 1. The highest BCUT2D eigenvalue weighted by molar-refractivity contribution is 5.91. The summed E-state index contributed by atoms with van der Waals surface area (Å²) in [5.41, 5.74) is 3.26. The monoisotopic (exact) mass is 385 g/mol. The van der Waals surface area contributed by atoms with Crippen LogP contribution in [0.25, 0.3) is 5.69 Å². The van der Waals surface area contributed by atoms with Gasteiger partial charge in [0.1, 0.15) is 0 Å². The first-order chi connectivity index (χ1) is 13.3. The normalized spacial score (nSPS) is 19.9. The number of urea groups is 1. The van der Waals surface area contributed by atoms with Crippen molar-refractivity contribution in [2.75, 3.05) is 45.7 Å². The average Bonchev–Trinajstić information content (AvgIpc) is 2.99. The first kappa shape index (κ1) is 20.4. The molecule has 0 aliphatic carbocycles. The third kappa shape index (κ3) is 4.36. The minimum absolute atomic E-state index is 0.0807. The molecular formula is C21H31N5O2. The van der Waals surface area contributed by atoms with Gasteiger partial charge in [-0.15, -0.1) is 0 Å². The lowest BCUT2D eigenvalue weighted by Gasteiger charge is -2.43. The molecule has 0 radical (unpaired) electrons. The predicted octanol–water partition coefficient (Wildman–Crippen LogP) is 2.66. The van der Waals surface area contributed by atoms with Crippen molar-refractivity contribution in [1.82, 2.24) is 19.6 Å². The van der Waals surface area contributed by atoms with Crippen LogP contribution in [-0.2, 0) is 0 Å². The highest BCUT2D eigenvalue weighted by Crippen LogP contribution is 2.31. The maximum Gasteiger partial charge on any atom is 0.321 e. The Morgan fingerprint density at radius 2 is 2.07 bits per heavy atom. The molecule has 1 aromatic heterocycles. The predicted molar refractivity (Wildman–Crippen MR) is 111 cm³/mol. The molecule has 1 atom stereocenters. The molecule has 0 spiro atoms. The Kier molecular flexibility index (Phi) is 6.05. The summed E-state index contributed by atoms with van der Waals surface area (Å²) in [6.07, 6.45) is 1.81. The van der Waals surface area contributed by atoms with Crippen molar-refractivity contribution >= 4 is 11.7 Å². The van der Waals surface area contributed by atoms with Crippen molar-refractivity contribution in [3.05, 3.63) is 41.7 Å². The molecule has 1 fully saturated rings. The summed E-state index contributed by atoms with van der Waals surface area (Å²) in [6.45, 7) is 6.04. The number of hydrogen-bond donors (Lipinski definition) is 2. The van der Waals surface area contributed by atoms with Crippen molar-refractivity contribution < 1.29 is 9.90 Å². The Morgan fingerprint density at radius 1 is 1.32 bits per heavy atom. The molecule has 1 saturated heterocycles. The van der Waals surface area contributed by atoms with E-state index in [1.807, 2.05) is 67.9 Å². The highest BCUT2D eigenvalue weighted by atomic mass is 16.3. The molecule has 2 N–H and O–H groups in total. The highest BCUT2D eigenvalue weighted by Gasteiger charge is 2.37. The smallest absolute Gasteiger partial charge is 0.321 e. The van der Waals surface area contributed by atoms with Crippen LogP contribution in [0.2, 0.25) is 0 Å². The second-order valence-electron chi connectivity index (χ2n) is 8.21. The molecule has 0 bridgehead atoms. The molecule has 28 heavy (non-hydrogen) atoms. The number of nitrogens with one attached hydrogen (secondary N) is 1. The minimum Gasteiger partial charge on any atom is -0.396 e. The summed E-state index contributed by atoms with van der Waals surface area (Å²) in [7, 11) is 4.00. The van der Waals surface area contributed by atoms with Gasteiger partial charge in [0.2, 0.25) is 0 Å². The van der Waals surface area contributed by atoms with Crippen LogP contribution in [0.3, 0.4) is 0 Å². The van der Waals surface area contributed by atoms with Crippen LogP contribution in [0.5, 0.6) is 0 Å². The fourth-order valence-electron chi connectivity index (χ4n) is 4.19. The number of para-hydroxylation sites is 2. The van der Waals surface area contributed by atoms with E-state index in [4.69, 9.17) is 0 Å². The number of carbonyl (C=O) groups excluding carboxylic acids is 1. The molecule has 2 amide bonds. The summed E-state index contributed by atoms with van der Waals surface area (Å²) < 4.78 is 1.85. The van der Waals surface area contributed by atoms with E-state index in [9.17, 15) is 9.90 Å². The number of aryl methyl sites for hydroxylation is 2. The second-order valence-corrected chi connectivity index (χ2v) is 8.21. The van der Waals surface area contributed by atoms with Crippen LogP contribution in [0, 0.1) is 19.3 Å². The number of amides is 2. The number of aliphatic hydroxyl groups is 1. The molecular weight excluding hydrogens is 354 g/mol. The number of hydrogen-bond acceptors (Lipinski definition) is 4. The average molecular weight is 386 g/mol. The van der Waals surface area contributed by atoms with Crippen LogP contribution in [0.4, 0.5) is 10.5 Å². The molecule has 1 aliphatic heterocycles. The van der Waals surface area contributed by atoms with E-state index in [2.05, 4.69) is 15.3 Å². The lowest BCUT2D eigenvalue weighted by molar-refractivity contribution is 0.0294. The summed E-state index contributed by atoms with van der Waals surface area (Å²) in [5.74, 6) is 0. The number of rotatable bonds is 5. The van der Waals surface area contributed by atoms with Gasteiger partial charge in [0, 0.05) is 30.7 Å². The number of anilines is 1. The molecule has 7 nitrogen and oxygen atoms in total. The first-order valence-electron chi connectivity index (χ1n) is 9.78. The molecule has 1 unspecified atom stereocenters. The van der Waals surface area contributed by atoms with E-state index in [1.165, 1.54) is 0 Å². The van der Waals surface area contributed by atoms with Gasteiger partial charge >= 0.3 is 6.03 Å². The molecule has 152 valence electrons. The number of piperidine rings is 1. The third-order valence-corrected chi connectivity index (χ3v) is 5.32. The van der Waals surface area contributed by atoms with Gasteiger partial charge in [-0.1, -0.05) is 12.1 Å². The number of likely N-dealkylation sites (tertiary alicyclic amines) is 1. The summed E-state index contributed by atoms with van der Waals surface area (Å²) in [5, 5.41) is 17.6. The van der Waals surface area contributed by atoms with E-state index >= 15 is 0 Å². The maximum absolute atomic E-state index is 13.0. The van der Waals surface area contributed by atoms with Gasteiger partial charge in [0.05, 0.1) is 23.7 Å². The zero-order chi connectivity index (χ0) is 20.3. The standard InChI is InChI=1S/C21H31N5O2/c1-16-12-17(2)26(23-16)19-9-6-5-8-18(19)22-20(28)25-11-7-10-21(14-25,15-27)13-24(3)4/h5-6,8-9,12,27H,7,10-11,13-15H2,1-4H3,(H,22,28). The summed E-state index contributed by atoms with van der Waals surface area (Å²) in [4.78, 5) is 16.9. The van der Waals surface area contributed by atoms with Crippen LogP contribution >= 0.6 is 0 Å². The zero-order valence-corrected chi connectivity index (χ0v) is 17.3. The molecule has 1 aromatic carbocycles. The van der Waals surface area contributed by atoms with Crippen molar-refractivity contribution in [3.8, 4) is 5.69 Å². The van der Waals surface area contributed by atoms with Crippen molar-refractivity contribution in [2.45, 2.75) is 26.7 Å². The van der Waals surface area contributed by atoms with Gasteiger partial charge in [-0.05, 0) is 59.0 Å². The summed E-state index contributed by atoms with van der Waals surface area (Å²) in [6, 6.07) is 9.58. The summed E-state index contributed by atoms with van der Waals surface area (Å²) >= 11 is 0. The second kappa shape index (κ2) is 8.32. The van der Waals surface area contributed by atoms with Gasteiger partial charge in [0.25, 0.3) is 0 Å². The minimum atomic E-state index is -0.270. The van der Waals surface area contributed by atoms with E-state index in [0.717, 1.165) is 42.1 Å². The van der Waals surface area contributed by atoms with Gasteiger partial charge in [-0.25, -0.2) is 9.48 Å². The number of aromatic nitrogens is 2. The Morgan fingerprint density at radius 3 is 2.71 bits per heavy atom. The van der Waals surface area contributed by atoms with E-state index in [1.54, 1.807) is 0 Å². The number of nitrogens with zero attached hydrogens (tertiary/aromatic N) is 4. The zero-order valence-electron chi connectivity index (χ0n) is 17.3. The molecule has 7 heteroatoms. The Labute approximate surface area is 166 Å². The van der Waals surface area contributed by atoms with Crippen LogP contribution in [0.1, 0.15) is 24.2 Å². The SMILES string of the molecule is Cc1cc(C)n(-c2ccccc2NC(=O)N2CCCC(CO)(CN(C)C)C2)n1. The van der Waals surface area contributed by atoms with E-state index in [0.29, 0.717) is 13.1 Å². The van der Waals surface area contributed by atoms with Crippen LogP contribution in [-0.4, -0.2) is 71.1 Å². The van der Waals surface area contributed by atoms with Gasteiger partial charge in [0.15, 0.2) is 0 Å². The molecule has 0 saturated carbocycles. The van der Waals surface area contributed by atoms with E-state index in [-0.39, 0.29) is 18.1 Å². The Balaban J connectivity index is 1.79. The lowest BCUT2D eigenvalue weighted by atomic mass is 9.80. The molecule has 3 rings (SSSR count). The van der Waals surface area contributed by atoms with Crippen molar-refractivity contribution in [2.24, 2.45) is 5.41 Å². The Hall–Kier alpha value is -2.38. The Bertz CT molecular complexity index is 832. The number of carbonyl (C=O) groups is 1. The van der Waals surface area contributed by atoms with Gasteiger partial charge in [-0.3, -0.25) is 0 Å². The van der Waals surface area contributed by atoms with Crippen LogP contribution < -0.4 is 5.32 Å². The molecule has 2 aromatic rings. The van der Waals surface area contributed by atoms with Crippen molar-refractivity contribution in [1.29, 1.82) is 0 Å². The van der Waals surface area contributed by atoms with E-state index < -0.39 is 0 Å². The quantitative estimate of drug-likeness (QED) is 0.830. The maximum atomic E-state index is 13.0. The topological polar surface area (TPSA) is 73.6 Å². The molecule has 2 heterocycles. The lowest BCUT2D eigenvalue weighted by Crippen LogP contribution is -2.52. The molecule has 1 aliphatic rings. The van der Waals surface area contributed by atoms with Gasteiger partial charge < -0.3 is 20.2 Å². The van der Waals surface area contributed by atoms with Gasteiger partial charge in [-0.2, -0.15) is 5.10 Å².